The average molecular weight is 566 g/mol. The lowest BCUT2D eigenvalue weighted by Crippen LogP contribution is -2.53. The van der Waals surface area contributed by atoms with Crippen LogP contribution in [-0.2, 0) is 22.6 Å². The zero-order valence-electron chi connectivity index (χ0n) is 22.1. The highest BCUT2D eigenvalue weighted by Crippen LogP contribution is 2.30. The van der Waals surface area contributed by atoms with Crippen LogP contribution in [0.15, 0.2) is 48.5 Å². The van der Waals surface area contributed by atoms with E-state index in [0.717, 1.165) is 19.3 Å². The number of halogens is 3. The monoisotopic (exact) mass is 564 g/mol. The first-order valence-electron chi connectivity index (χ1n) is 13.3. The van der Waals surface area contributed by atoms with Crippen molar-refractivity contribution in [1.29, 1.82) is 0 Å². The molecule has 3 N–H and O–H groups in total. The second-order valence-corrected chi connectivity index (χ2v) is 11.2. The maximum Gasteiger partial charge on any atom is 0.243 e. The summed E-state index contributed by atoms with van der Waals surface area (Å²) in [7, 11) is 0. The Bertz CT molecular complexity index is 1090. The molecule has 0 radical (unpaired) electrons. The summed E-state index contributed by atoms with van der Waals surface area (Å²) in [6.07, 6.45) is 3.84. The van der Waals surface area contributed by atoms with Gasteiger partial charge < -0.3 is 16.0 Å². The number of aryl methyl sites for hydroxylation is 1. The predicted molar refractivity (Wildman–Crippen MR) is 152 cm³/mol. The molecule has 0 aliphatic carbocycles. The number of carbonyl (C=O) groups is 2. The molecule has 4 atom stereocenters. The van der Waals surface area contributed by atoms with Gasteiger partial charge in [0.25, 0.3) is 0 Å². The van der Waals surface area contributed by atoms with Gasteiger partial charge in [-0.2, -0.15) is 0 Å². The van der Waals surface area contributed by atoms with Crippen LogP contribution < -0.4 is 11.1 Å². The molecule has 0 spiro atoms. The summed E-state index contributed by atoms with van der Waals surface area (Å²) in [5.41, 5.74) is 8.25. The van der Waals surface area contributed by atoms with E-state index in [9.17, 15) is 14.0 Å². The van der Waals surface area contributed by atoms with Gasteiger partial charge in [0, 0.05) is 31.7 Å². The maximum absolute atomic E-state index is 13.9. The Balaban J connectivity index is 0.00000400. The van der Waals surface area contributed by atoms with Gasteiger partial charge in [0.1, 0.15) is 11.9 Å². The predicted octanol–water partition coefficient (Wildman–Crippen LogP) is 4.57. The van der Waals surface area contributed by atoms with Crippen molar-refractivity contribution in [3.05, 3.63) is 70.5 Å². The summed E-state index contributed by atoms with van der Waals surface area (Å²) in [5, 5.41) is 2.98. The van der Waals surface area contributed by atoms with Crippen LogP contribution in [0.1, 0.15) is 50.7 Å². The Kier molecular flexibility index (Phi) is 11.0. The largest absolute Gasteiger partial charge is 0.350 e. The molecule has 2 aliphatic rings. The third kappa shape index (κ3) is 7.47. The fraction of sp³-hybridized carbons (Fsp3) is 0.517. The van der Waals surface area contributed by atoms with Crippen LogP contribution >= 0.6 is 24.0 Å². The number of hydrogen-bond donors (Lipinski definition) is 2. The molecule has 2 amide bonds. The van der Waals surface area contributed by atoms with Crippen LogP contribution in [0.25, 0.3) is 0 Å². The van der Waals surface area contributed by atoms with E-state index in [1.807, 2.05) is 6.07 Å². The molecule has 208 valence electrons. The van der Waals surface area contributed by atoms with Gasteiger partial charge in [-0.15, -0.1) is 12.4 Å². The molecule has 0 saturated carbocycles. The molecule has 2 saturated heterocycles. The first-order valence-corrected chi connectivity index (χ1v) is 13.7. The molecule has 38 heavy (non-hydrogen) atoms. The highest BCUT2D eigenvalue weighted by molar-refractivity contribution is 6.30. The number of nitrogens with zero attached hydrogens (tertiary/aromatic N) is 2. The lowest BCUT2D eigenvalue weighted by Gasteiger charge is -2.33. The molecular formula is C29H39Cl2FN4O2. The van der Waals surface area contributed by atoms with E-state index in [2.05, 4.69) is 48.3 Å². The standard InChI is InChI=1S/C29H38ClFN4O2.ClH/c1-19(2)14-26(28(36)33-17-21-9-11-24(30)25(31)15-21)34-13-12-23(10-8-20-6-4-3-5-7-20)35-18-22(32)16-27(35)29(34)37;/h3-7,9,11,15,19,22-23,26-27H,8,10,12-14,16-18,32H2,1-2H3,(H,33,36);1H/t22-,23?,26-,27+;/m1./s1. The minimum absolute atomic E-state index is 0. The number of fused-ring (bicyclic) bond motifs is 1. The van der Waals surface area contributed by atoms with Gasteiger partial charge in [-0.05, 0) is 61.3 Å². The van der Waals surface area contributed by atoms with Crippen LogP contribution in [-0.4, -0.2) is 58.9 Å². The highest BCUT2D eigenvalue weighted by Gasteiger charge is 2.45. The van der Waals surface area contributed by atoms with E-state index < -0.39 is 11.9 Å². The van der Waals surface area contributed by atoms with Crippen LogP contribution in [0.2, 0.25) is 5.02 Å². The Hall–Kier alpha value is -2.19. The van der Waals surface area contributed by atoms with Crippen LogP contribution in [0, 0.1) is 11.7 Å². The summed E-state index contributed by atoms with van der Waals surface area (Å²) >= 11 is 5.79. The third-order valence-electron chi connectivity index (χ3n) is 7.55. The van der Waals surface area contributed by atoms with Gasteiger partial charge in [0.2, 0.25) is 11.8 Å². The van der Waals surface area contributed by atoms with E-state index in [0.29, 0.717) is 31.5 Å². The summed E-state index contributed by atoms with van der Waals surface area (Å²) in [5.74, 6) is -0.521. The summed E-state index contributed by atoms with van der Waals surface area (Å²) in [4.78, 5) is 31.4. The number of benzene rings is 2. The molecule has 0 bridgehead atoms. The minimum atomic E-state index is -0.587. The smallest absolute Gasteiger partial charge is 0.243 e. The van der Waals surface area contributed by atoms with E-state index in [-0.39, 0.29) is 59.8 Å². The molecule has 2 fully saturated rings. The molecule has 2 aromatic carbocycles. The Labute approximate surface area is 236 Å². The van der Waals surface area contributed by atoms with Crippen molar-refractivity contribution in [1.82, 2.24) is 15.1 Å². The van der Waals surface area contributed by atoms with Crippen molar-refractivity contribution < 1.29 is 14.0 Å². The van der Waals surface area contributed by atoms with Crippen LogP contribution in [0.5, 0.6) is 0 Å². The third-order valence-corrected chi connectivity index (χ3v) is 7.85. The Morgan fingerprint density at radius 3 is 2.61 bits per heavy atom. The van der Waals surface area contributed by atoms with E-state index >= 15 is 0 Å². The molecular weight excluding hydrogens is 526 g/mol. The maximum atomic E-state index is 13.9. The SMILES string of the molecule is CC(C)C[C@H](C(=O)NCc1ccc(Cl)c(F)c1)N1CCC(CCc2ccccc2)N2C[C@H](N)C[C@H]2C1=O.Cl. The van der Waals surface area contributed by atoms with Crippen molar-refractivity contribution in [2.75, 3.05) is 13.1 Å². The van der Waals surface area contributed by atoms with Gasteiger partial charge >= 0.3 is 0 Å². The summed E-state index contributed by atoms with van der Waals surface area (Å²) in [6, 6.07) is 14.2. The molecule has 9 heteroatoms. The second-order valence-electron chi connectivity index (χ2n) is 10.8. The minimum Gasteiger partial charge on any atom is -0.350 e. The van der Waals surface area contributed by atoms with Crippen molar-refractivity contribution in [2.24, 2.45) is 11.7 Å². The van der Waals surface area contributed by atoms with Crippen molar-refractivity contribution in [3.63, 3.8) is 0 Å². The molecule has 0 aromatic heterocycles. The van der Waals surface area contributed by atoms with Gasteiger partial charge in [-0.1, -0.05) is 61.8 Å². The zero-order chi connectivity index (χ0) is 26.5. The molecule has 1 unspecified atom stereocenters. The molecule has 2 aromatic rings. The topological polar surface area (TPSA) is 78.7 Å². The zero-order valence-corrected chi connectivity index (χ0v) is 23.7. The number of hydrogen-bond acceptors (Lipinski definition) is 4. The van der Waals surface area contributed by atoms with E-state index in [1.54, 1.807) is 11.0 Å². The number of carbonyl (C=O) groups excluding carboxylic acids is 2. The molecule has 2 aliphatic heterocycles. The quantitative estimate of drug-likeness (QED) is 0.467. The molecule has 6 nitrogen and oxygen atoms in total. The van der Waals surface area contributed by atoms with Crippen molar-refractivity contribution in [2.45, 2.75) is 76.7 Å². The Morgan fingerprint density at radius 1 is 1.18 bits per heavy atom. The van der Waals surface area contributed by atoms with Crippen molar-refractivity contribution >= 4 is 35.8 Å². The normalized spacial score (nSPS) is 22.5. The number of nitrogens with two attached hydrogens (primary N) is 1. The van der Waals surface area contributed by atoms with Crippen LogP contribution in [0.4, 0.5) is 4.39 Å². The number of rotatable bonds is 9. The van der Waals surface area contributed by atoms with Gasteiger partial charge in [-0.25, -0.2) is 4.39 Å². The fourth-order valence-electron chi connectivity index (χ4n) is 5.67. The lowest BCUT2D eigenvalue weighted by molar-refractivity contribution is -0.143. The number of nitrogens with one attached hydrogen (secondary N) is 1. The first kappa shape index (κ1) is 30.4. The highest BCUT2D eigenvalue weighted by atomic mass is 35.5. The van der Waals surface area contributed by atoms with Gasteiger partial charge in [-0.3, -0.25) is 14.5 Å². The fourth-order valence-corrected chi connectivity index (χ4v) is 5.79. The van der Waals surface area contributed by atoms with E-state index in [1.165, 1.54) is 17.7 Å². The summed E-state index contributed by atoms with van der Waals surface area (Å²) < 4.78 is 13.9. The average Bonchev–Trinajstić information content (AvgIpc) is 3.22. The van der Waals surface area contributed by atoms with Gasteiger partial charge in [0.05, 0.1) is 11.1 Å². The lowest BCUT2D eigenvalue weighted by atomic mass is 9.99. The van der Waals surface area contributed by atoms with Crippen LogP contribution in [0.3, 0.4) is 0 Å². The molecule has 4 rings (SSSR count). The van der Waals surface area contributed by atoms with Gasteiger partial charge in [0.15, 0.2) is 0 Å². The first-order chi connectivity index (χ1) is 17.7. The second kappa shape index (κ2) is 13.7. The summed E-state index contributed by atoms with van der Waals surface area (Å²) in [6.45, 7) is 5.51. The van der Waals surface area contributed by atoms with E-state index in [4.69, 9.17) is 17.3 Å². The van der Waals surface area contributed by atoms with Crippen molar-refractivity contribution in [3.8, 4) is 0 Å². The molecule has 2 heterocycles. The Morgan fingerprint density at radius 2 is 1.92 bits per heavy atom. The number of amides is 2.